The lowest BCUT2D eigenvalue weighted by molar-refractivity contribution is 0.170. The zero-order valence-electron chi connectivity index (χ0n) is 18.1. The molecule has 10 heteroatoms. The second-order valence-corrected chi connectivity index (χ2v) is 7.31. The van der Waals surface area contributed by atoms with Crippen LogP contribution in [0.5, 0.6) is 5.75 Å². The molecule has 10 nitrogen and oxygen atoms in total. The number of aryl methyl sites for hydroxylation is 2. The summed E-state index contributed by atoms with van der Waals surface area (Å²) >= 11 is 0. The number of benzene rings is 1. The highest BCUT2D eigenvalue weighted by Crippen LogP contribution is 2.28. The maximum Gasteiger partial charge on any atom is 0.227 e. The highest BCUT2D eigenvalue weighted by atomic mass is 16.5. The average molecular weight is 429 g/mol. The van der Waals surface area contributed by atoms with E-state index in [0.29, 0.717) is 23.8 Å². The first-order valence-electron chi connectivity index (χ1n) is 10.2. The molecule has 4 rings (SSSR count). The van der Waals surface area contributed by atoms with Gasteiger partial charge in [-0.2, -0.15) is 15.5 Å². The maximum absolute atomic E-state index is 9.53. The van der Waals surface area contributed by atoms with Gasteiger partial charge >= 0.3 is 0 Å². The van der Waals surface area contributed by atoms with Gasteiger partial charge in [-0.15, -0.1) is 0 Å². The first kappa shape index (κ1) is 21.0. The lowest BCUT2D eigenvalue weighted by atomic mass is 10.1. The van der Waals surface area contributed by atoms with Gasteiger partial charge < -0.3 is 10.1 Å². The Hall–Kier alpha value is -4.26. The fraction of sp³-hybridized carbons (Fsp3) is 0.273. The van der Waals surface area contributed by atoms with Crippen molar-refractivity contribution in [2.24, 2.45) is 7.05 Å². The van der Waals surface area contributed by atoms with Crippen LogP contribution in [-0.4, -0.2) is 40.6 Å². The maximum atomic E-state index is 9.53. The standard InChI is InChI=1S/C22H23N9O/c1-4-19(11-31-14-24-13-27-31)32-21-7-16(5-6-17(21)8-23)18-9-25-22(26-10-18)28-20-12-30(3)29-15(20)2/h5-7,9-10,12-14,19H,4,11H2,1-3H3,(H,25,26,28)/t19-/m0/s1. The number of aromatic nitrogens is 7. The molecule has 0 saturated heterocycles. The second kappa shape index (κ2) is 9.26. The summed E-state index contributed by atoms with van der Waals surface area (Å²) in [6.45, 7) is 4.49. The van der Waals surface area contributed by atoms with Crippen LogP contribution in [-0.2, 0) is 13.6 Å². The topological polar surface area (TPSA) is 119 Å². The molecule has 0 fully saturated rings. The fourth-order valence-electron chi connectivity index (χ4n) is 3.24. The zero-order chi connectivity index (χ0) is 22.5. The summed E-state index contributed by atoms with van der Waals surface area (Å²) in [4.78, 5) is 12.8. The predicted octanol–water partition coefficient (Wildman–Crippen LogP) is 3.25. The molecular formula is C22H23N9O. The number of nitrogens with one attached hydrogen (secondary N) is 1. The van der Waals surface area contributed by atoms with E-state index in [1.54, 1.807) is 34.2 Å². The minimum absolute atomic E-state index is 0.149. The molecule has 0 saturated carbocycles. The van der Waals surface area contributed by atoms with Crippen LogP contribution < -0.4 is 10.1 Å². The predicted molar refractivity (Wildman–Crippen MR) is 118 cm³/mol. The van der Waals surface area contributed by atoms with Crippen molar-refractivity contribution in [1.82, 2.24) is 34.5 Å². The van der Waals surface area contributed by atoms with E-state index in [-0.39, 0.29) is 6.10 Å². The smallest absolute Gasteiger partial charge is 0.227 e. The second-order valence-electron chi connectivity index (χ2n) is 7.31. The Balaban J connectivity index is 1.53. The van der Waals surface area contributed by atoms with Gasteiger partial charge in [-0.1, -0.05) is 13.0 Å². The molecular weight excluding hydrogens is 406 g/mol. The third-order valence-electron chi connectivity index (χ3n) is 4.95. The van der Waals surface area contributed by atoms with E-state index >= 15 is 0 Å². The van der Waals surface area contributed by atoms with Gasteiger partial charge in [-0.3, -0.25) is 4.68 Å². The molecule has 1 aromatic carbocycles. The third-order valence-corrected chi connectivity index (χ3v) is 4.95. The molecule has 1 atom stereocenters. The van der Waals surface area contributed by atoms with E-state index in [4.69, 9.17) is 4.74 Å². The first-order valence-corrected chi connectivity index (χ1v) is 10.2. The molecule has 0 bridgehead atoms. The number of anilines is 2. The molecule has 32 heavy (non-hydrogen) atoms. The summed E-state index contributed by atoms with van der Waals surface area (Å²) in [6.07, 6.45) is 9.09. The molecule has 162 valence electrons. The highest BCUT2D eigenvalue weighted by molar-refractivity contribution is 5.67. The van der Waals surface area contributed by atoms with Gasteiger partial charge in [0.1, 0.15) is 30.6 Å². The lowest BCUT2D eigenvalue weighted by Gasteiger charge is -2.19. The molecule has 3 heterocycles. The van der Waals surface area contributed by atoms with Crippen LogP contribution in [0.15, 0.2) is 49.4 Å². The van der Waals surface area contributed by atoms with Crippen molar-refractivity contribution >= 4 is 11.6 Å². The van der Waals surface area contributed by atoms with Crippen molar-refractivity contribution < 1.29 is 4.74 Å². The van der Waals surface area contributed by atoms with Crippen LogP contribution in [0.2, 0.25) is 0 Å². The number of rotatable bonds is 8. The Morgan fingerprint density at radius 3 is 2.66 bits per heavy atom. The Morgan fingerprint density at radius 1 is 1.22 bits per heavy atom. The lowest BCUT2D eigenvalue weighted by Crippen LogP contribution is -2.23. The van der Waals surface area contributed by atoms with Crippen LogP contribution in [0, 0.1) is 18.3 Å². The normalized spacial score (nSPS) is 11.7. The Labute approximate surface area is 185 Å². The van der Waals surface area contributed by atoms with Crippen molar-refractivity contribution in [2.45, 2.75) is 32.9 Å². The summed E-state index contributed by atoms with van der Waals surface area (Å²) in [7, 11) is 1.86. The van der Waals surface area contributed by atoms with Gasteiger partial charge in [0.15, 0.2) is 0 Å². The van der Waals surface area contributed by atoms with Crippen molar-refractivity contribution in [1.29, 1.82) is 5.26 Å². The van der Waals surface area contributed by atoms with Crippen LogP contribution in [0.25, 0.3) is 11.1 Å². The van der Waals surface area contributed by atoms with Gasteiger partial charge in [0.05, 0.1) is 23.5 Å². The van der Waals surface area contributed by atoms with Crippen LogP contribution >= 0.6 is 0 Å². The molecule has 4 aromatic rings. The van der Waals surface area contributed by atoms with Gasteiger partial charge in [-0.05, 0) is 31.0 Å². The van der Waals surface area contributed by atoms with Gasteiger partial charge in [0.25, 0.3) is 0 Å². The van der Waals surface area contributed by atoms with Crippen LogP contribution in [0.1, 0.15) is 24.6 Å². The Morgan fingerprint density at radius 2 is 2.03 bits per heavy atom. The molecule has 1 N–H and O–H groups in total. The summed E-state index contributed by atoms with van der Waals surface area (Å²) in [5.74, 6) is 0.999. The third kappa shape index (κ3) is 4.73. The quantitative estimate of drug-likeness (QED) is 0.453. The average Bonchev–Trinajstić information content (AvgIpc) is 3.42. The Kier molecular flexibility index (Phi) is 6.07. The van der Waals surface area contributed by atoms with Crippen LogP contribution in [0.4, 0.5) is 11.6 Å². The van der Waals surface area contributed by atoms with E-state index in [9.17, 15) is 5.26 Å². The van der Waals surface area contributed by atoms with E-state index in [2.05, 4.69) is 36.5 Å². The first-order chi connectivity index (χ1) is 15.6. The van der Waals surface area contributed by atoms with Crippen molar-refractivity contribution in [3.8, 4) is 22.9 Å². The summed E-state index contributed by atoms with van der Waals surface area (Å²) in [6, 6.07) is 7.65. The number of ether oxygens (including phenoxy) is 1. The number of nitriles is 1. The molecule has 0 unspecified atom stereocenters. The van der Waals surface area contributed by atoms with Crippen molar-refractivity contribution in [2.75, 3.05) is 5.32 Å². The molecule has 0 radical (unpaired) electrons. The molecule has 0 aliphatic heterocycles. The summed E-state index contributed by atoms with van der Waals surface area (Å²) < 4.78 is 9.61. The largest absolute Gasteiger partial charge is 0.487 e. The highest BCUT2D eigenvalue weighted by Gasteiger charge is 2.14. The molecule has 0 aliphatic rings. The van der Waals surface area contributed by atoms with Crippen LogP contribution in [0.3, 0.4) is 0 Å². The van der Waals surface area contributed by atoms with E-state index < -0.39 is 0 Å². The zero-order valence-corrected chi connectivity index (χ0v) is 18.1. The van der Waals surface area contributed by atoms with Crippen molar-refractivity contribution in [3.63, 3.8) is 0 Å². The molecule has 0 aliphatic carbocycles. The molecule has 0 amide bonds. The number of hydrogen-bond acceptors (Lipinski definition) is 8. The molecule has 3 aromatic heterocycles. The number of hydrogen-bond donors (Lipinski definition) is 1. The summed E-state index contributed by atoms with van der Waals surface area (Å²) in [5, 5.41) is 21.1. The van der Waals surface area contributed by atoms with E-state index in [1.165, 1.54) is 6.33 Å². The molecule has 0 spiro atoms. The fourth-order valence-corrected chi connectivity index (χ4v) is 3.24. The van der Waals surface area contributed by atoms with Gasteiger partial charge in [-0.25, -0.2) is 19.6 Å². The minimum Gasteiger partial charge on any atom is -0.487 e. The van der Waals surface area contributed by atoms with Gasteiger partial charge in [0, 0.05) is 31.2 Å². The minimum atomic E-state index is -0.149. The Bertz CT molecular complexity index is 1220. The number of nitrogens with zero attached hydrogens (tertiary/aromatic N) is 8. The van der Waals surface area contributed by atoms with E-state index in [1.807, 2.05) is 39.2 Å². The van der Waals surface area contributed by atoms with Gasteiger partial charge in [0.2, 0.25) is 5.95 Å². The van der Waals surface area contributed by atoms with E-state index in [0.717, 1.165) is 28.9 Å². The monoisotopic (exact) mass is 429 g/mol. The SMILES string of the molecule is CC[C@@H](Cn1cncn1)Oc1cc(-c2cnc(Nc3cn(C)nc3C)nc2)ccc1C#N. The summed E-state index contributed by atoms with van der Waals surface area (Å²) in [5.41, 5.74) is 3.87. The van der Waals surface area contributed by atoms with Crippen molar-refractivity contribution in [3.05, 3.63) is 60.7 Å².